The van der Waals surface area contributed by atoms with Crippen molar-refractivity contribution in [2.24, 2.45) is 11.0 Å². The van der Waals surface area contributed by atoms with E-state index in [9.17, 15) is 19.2 Å². The third kappa shape index (κ3) is 2.96. The number of nitrogens with zero attached hydrogens (tertiary/aromatic N) is 3. The number of hydrogen-bond acceptors (Lipinski definition) is 7. The molecule has 136 valence electrons. The van der Waals surface area contributed by atoms with E-state index in [1.54, 1.807) is 24.3 Å². The summed E-state index contributed by atoms with van der Waals surface area (Å²) in [4.78, 5) is 50.1. The highest BCUT2D eigenvalue weighted by Gasteiger charge is 2.58. The van der Waals surface area contributed by atoms with Gasteiger partial charge in [-0.3, -0.25) is 19.4 Å². The molecule has 3 rings (SSSR count). The Labute approximate surface area is 154 Å². The lowest BCUT2D eigenvalue weighted by Crippen LogP contribution is -2.39. The largest absolute Gasteiger partial charge is 0.464 e. The second-order valence-electron chi connectivity index (χ2n) is 6.00. The number of ketones is 1. The third-order valence-corrected chi connectivity index (χ3v) is 4.55. The van der Waals surface area contributed by atoms with Crippen molar-refractivity contribution in [3.8, 4) is 0 Å². The van der Waals surface area contributed by atoms with Crippen molar-refractivity contribution in [1.82, 2.24) is 5.01 Å². The van der Waals surface area contributed by atoms with E-state index in [1.807, 2.05) is 0 Å². The van der Waals surface area contributed by atoms with Gasteiger partial charge in [-0.05, 0) is 31.2 Å². The van der Waals surface area contributed by atoms with Gasteiger partial charge in [0.15, 0.2) is 5.71 Å². The molecule has 1 aromatic carbocycles. The lowest BCUT2D eigenvalue weighted by atomic mass is 9.98. The number of ether oxygens (including phenoxy) is 1. The van der Waals surface area contributed by atoms with Crippen molar-refractivity contribution < 1.29 is 23.9 Å². The number of rotatable bonds is 5. The lowest BCUT2D eigenvalue weighted by molar-refractivity contribution is -0.133. The average molecular weight is 378 g/mol. The molecule has 0 N–H and O–H groups in total. The highest BCUT2D eigenvalue weighted by Crippen LogP contribution is 2.35. The van der Waals surface area contributed by atoms with Crippen LogP contribution in [0.25, 0.3) is 0 Å². The molecule has 1 aromatic rings. The van der Waals surface area contributed by atoms with Crippen LogP contribution in [0.15, 0.2) is 29.4 Å². The monoisotopic (exact) mass is 377 g/mol. The minimum atomic E-state index is -1.06. The number of carbonyl (C=O) groups excluding carboxylic acids is 4. The summed E-state index contributed by atoms with van der Waals surface area (Å²) in [5, 5.41) is 5.89. The fourth-order valence-corrected chi connectivity index (χ4v) is 3.19. The zero-order valence-corrected chi connectivity index (χ0v) is 14.9. The van der Waals surface area contributed by atoms with Crippen molar-refractivity contribution in [3.05, 3.63) is 29.3 Å². The second kappa shape index (κ2) is 6.87. The molecule has 2 unspecified atom stereocenters. The first kappa shape index (κ1) is 18.1. The second-order valence-corrected chi connectivity index (χ2v) is 6.44. The first-order valence-electron chi connectivity index (χ1n) is 7.91. The van der Waals surface area contributed by atoms with Crippen LogP contribution in [0, 0.1) is 5.92 Å². The van der Waals surface area contributed by atoms with E-state index in [0.717, 1.165) is 4.90 Å². The number of anilines is 1. The number of carbonyl (C=O) groups is 4. The normalized spacial score (nSPS) is 21.7. The van der Waals surface area contributed by atoms with E-state index in [0.29, 0.717) is 10.7 Å². The molecule has 2 atom stereocenters. The molecular weight excluding hydrogens is 362 g/mol. The van der Waals surface area contributed by atoms with Gasteiger partial charge in [-0.2, -0.15) is 5.10 Å². The predicted octanol–water partition coefficient (Wildman–Crippen LogP) is 1.02. The minimum Gasteiger partial charge on any atom is -0.464 e. The van der Waals surface area contributed by atoms with Gasteiger partial charge in [0.25, 0.3) is 5.91 Å². The molecule has 2 aliphatic rings. The van der Waals surface area contributed by atoms with E-state index >= 15 is 0 Å². The number of esters is 1. The molecule has 0 aromatic heterocycles. The molecule has 2 amide bonds. The Morgan fingerprint density at radius 3 is 2.42 bits per heavy atom. The predicted molar refractivity (Wildman–Crippen MR) is 92.7 cm³/mol. The van der Waals surface area contributed by atoms with Crippen molar-refractivity contribution in [2.45, 2.75) is 19.4 Å². The number of methoxy groups -OCH3 is 1. The van der Waals surface area contributed by atoms with Crippen LogP contribution < -0.4 is 4.90 Å². The Morgan fingerprint density at radius 2 is 1.85 bits per heavy atom. The molecule has 2 heterocycles. The Morgan fingerprint density at radius 1 is 1.19 bits per heavy atom. The van der Waals surface area contributed by atoms with Crippen molar-refractivity contribution in [2.75, 3.05) is 18.6 Å². The maximum absolute atomic E-state index is 12.9. The van der Waals surface area contributed by atoms with Crippen LogP contribution in [-0.4, -0.2) is 54.0 Å². The maximum Gasteiger partial charge on any atom is 0.355 e. The first-order chi connectivity index (χ1) is 12.3. The molecule has 0 saturated carbocycles. The topological polar surface area (TPSA) is 96.3 Å². The number of amides is 2. The van der Waals surface area contributed by atoms with E-state index in [-0.39, 0.29) is 24.5 Å². The summed E-state index contributed by atoms with van der Waals surface area (Å²) in [6, 6.07) is 5.26. The summed E-state index contributed by atoms with van der Waals surface area (Å²) >= 11 is 5.86. The van der Waals surface area contributed by atoms with Crippen LogP contribution >= 0.6 is 11.6 Å². The van der Waals surface area contributed by atoms with Gasteiger partial charge in [0.1, 0.15) is 17.7 Å². The molecular formula is C17H16ClN3O5. The number of hydrogen-bond donors (Lipinski definition) is 0. The van der Waals surface area contributed by atoms with Crippen molar-refractivity contribution in [1.29, 1.82) is 0 Å². The Kier molecular flexibility index (Phi) is 4.78. The standard InChI is InChI=1S/C17H16ClN3O5/c1-9(22)7-8-20-14-12(13(19-20)17(25)26-2)15(23)21(16(14)24)11-5-3-10(18)4-6-11/h3-6,12,14H,7-8H2,1-2H3. The van der Waals surface area contributed by atoms with E-state index in [4.69, 9.17) is 16.3 Å². The molecule has 26 heavy (non-hydrogen) atoms. The van der Waals surface area contributed by atoms with Crippen molar-refractivity contribution >= 4 is 46.6 Å². The van der Waals surface area contributed by atoms with Crippen LogP contribution in [0.5, 0.6) is 0 Å². The highest BCUT2D eigenvalue weighted by atomic mass is 35.5. The maximum atomic E-state index is 12.9. The summed E-state index contributed by atoms with van der Waals surface area (Å²) in [7, 11) is 1.18. The van der Waals surface area contributed by atoms with Gasteiger partial charge >= 0.3 is 5.97 Å². The first-order valence-corrected chi connectivity index (χ1v) is 8.29. The molecule has 9 heteroatoms. The molecule has 0 aliphatic carbocycles. The van der Waals surface area contributed by atoms with E-state index in [2.05, 4.69) is 5.10 Å². The zero-order valence-electron chi connectivity index (χ0n) is 14.1. The summed E-state index contributed by atoms with van der Waals surface area (Å²) in [6.45, 7) is 1.55. The SMILES string of the molecule is COC(=O)C1=NN(CCC(C)=O)C2C(=O)N(c3ccc(Cl)cc3)C(=O)C12. The lowest BCUT2D eigenvalue weighted by Gasteiger charge is -2.21. The van der Waals surface area contributed by atoms with Crippen LogP contribution in [0.3, 0.4) is 0 Å². The van der Waals surface area contributed by atoms with Gasteiger partial charge in [0.2, 0.25) is 5.91 Å². The number of fused-ring (bicyclic) bond motifs is 1. The van der Waals surface area contributed by atoms with E-state index in [1.165, 1.54) is 19.0 Å². The zero-order chi connectivity index (χ0) is 19.0. The van der Waals surface area contributed by atoms with Gasteiger partial charge in [0.05, 0.1) is 12.8 Å². The number of Topliss-reactive ketones (excluding diaryl/α,β-unsaturated/α-hetero) is 1. The highest BCUT2D eigenvalue weighted by molar-refractivity contribution is 6.46. The molecule has 1 fully saturated rings. The van der Waals surface area contributed by atoms with Gasteiger partial charge < -0.3 is 4.74 Å². The molecule has 0 radical (unpaired) electrons. The fraction of sp³-hybridized carbons (Fsp3) is 0.353. The molecule has 2 aliphatic heterocycles. The van der Waals surface area contributed by atoms with Crippen LogP contribution in [0.2, 0.25) is 5.02 Å². The Hall–Kier alpha value is -2.74. The molecule has 1 saturated heterocycles. The average Bonchev–Trinajstić information content (AvgIpc) is 3.11. The quantitative estimate of drug-likeness (QED) is 0.561. The summed E-state index contributed by atoms with van der Waals surface area (Å²) in [5.74, 6) is -2.98. The van der Waals surface area contributed by atoms with Crippen LogP contribution in [-0.2, 0) is 23.9 Å². The molecule has 0 bridgehead atoms. The molecule has 8 nitrogen and oxygen atoms in total. The van der Waals surface area contributed by atoms with E-state index < -0.39 is 29.7 Å². The van der Waals surface area contributed by atoms with Gasteiger partial charge in [-0.15, -0.1) is 0 Å². The third-order valence-electron chi connectivity index (χ3n) is 4.30. The van der Waals surface area contributed by atoms with Crippen LogP contribution in [0.1, 0.15) is 13.3 Å². The summed E-state index contributed by atoms with van der Waals surface area (Å²) < 4.78 is 4.69. The number of halogens is 1. The summed E-state index contributed by atoms with van der Waals surface area (Å²) in [5.41, 5.74) is 0.227. The Bertz CT molecular complexity index is 820. The number of imide groups is 1. The minimum absolute atomic E-state index is 0.0883. The number of hydrazone groups is 1. The van der Waals surface area contributed by atoms with Gasteiger partial charge in [0, 0.05) is 18.0 Å². The van der Waals surface area contributed by atoms with Gasteiger partial charge in [-0.25, -0.2) is 9.69 Å². The van der Waals surface area contributed by atoms with Crippen molar-refractivity contribution in [3.63, 3.8) is 0 Å². The summed E-state index contributed by atoms with van der Waals surface area (Å²) in [6.07, 6.45) is 0.142. The Balaban J connectivity index is 1.97. The molecule has 0 spiro atoms. The van der Waals surface area contributed by atoms with Crippen LogP contribution in [0.4, 0.5) is 5.69 Å². The fourth-order valence-electron chi connectivity index (χ4n) is 3.06. The smallest absolute Gasteiger partial charge is 0.355 e. The van der Waals surface area contributed by atoms with Gasteiger partial charge in [-0.1, -0.05) is 11.6 Å². The number of benzene rings is 1.